The van der Waals surface area contributed by atoms with Gasteiger partial charge in [-0.1, -0.05) is 54.6 Å². The summed E-state index contributed by atoms with van der Waals surface area (Å²) >= 11 is 3.82. The van der Waals surface area contributed by atoms with Gasteiger partial charge in [-0.15, -0.1) is 23.5 Å². The highest BCUT2D eigenvalue weighted by Crippen LogP contribution is 2.57. The first-order valence-corrected chi connectivity index (χ1v) is 12.9. The molecule has 1 N–H and O–H groups in total. The zero-order chi connectivity index (χ0) is 22.7. The molecule has 0 bridgehead atoms. The average molecular weight is 478 g/mol. The lowest BCUT2D eigenvalue weighted by Crippen LogP contribution is -2.45. The number of aromatic hydroxyl groups is 1. The lowest BCUT2D eigenvalue weighted by Gasteiger charge is -2.43. The third-order valence-corrected chi connectivity index (χ3v) is 9.59. The summed E-state index contributed by atoms with van der Waals surface area (Å²) in [6.07, 6.45) is 1.13. The van der Waals surface area contributed by atoms with Crippen molar-refractivity contribution < 1.29 is 14.6 Å². The quantitative estimate of drug-likeness (QED) is 0.478. The van der Waals surface area contributed by atoms with E-state index in [1.54, 1.807) is 12.1 Å². The van der Waals surface area contributed by atoms with Gasteiger partial charge in [0.1, 0.15) is 5.75 Å². The Morgan fingerprint density at radius 2 is 1.52 bits per heavy atom. The van der Waals surface area contributed by atoms with Crippen molar-refractivity contribution in [3.63, 3.8) is 0 Å². The molecule has 2 atom stereocenters. The number of benzene rings is 3. The molecule has 33 heavy (non-hydrogen) atoms. The number of hydrogen-bond donors (Lipinski definition) is 1. The van der Waals surface area contributed by atoms with E-state index in [0.29, 0.717) is 25.3 Å². The summed E-state index contributed by atoms with van der Waals surface area (Å²) in [4.78, 5) is 17.6. The number of fused-ring (bicyclic) bond motifs is 1. The molecule has 0 saturated carbocycles. The number of ether oxygens (including phenoxy) is 1. The second-order valence-electron chi connectivity index (χ2n) is 8.51. The van der Waals surface area contributed by atoms with Crippen LogP contribution in [0.15, 0.2) is 94.7 Å². The van der Waals surface area contributed by atoms with Gasteiger partial charge in [0.05, 0.1) is 16.6 Å². The van der Waals surface area contributed by atoms with E-state index in [1.807, 2.05) is 52.7 Å². The molecule has 3 aromatic carbocycles. The second kappa shape index (κ2) is 9.84. The molecule has 2 saturated heterocycles. The molecule has 6 heteroatoms. The van der Waals surface area contributed by atoms with E-state index in [1.165, 1.54) is 9.79 Å². The number of rotatable bonds is 6. The van der Waals surface area contributed by atoms with Gasteiger partial charge in [0.15, 0.2) is 0 Å². The van der Waals surface area contributed by atoms with Crippen LogP contribution in [0.25, 0.3) is 0 Å². The normalized spacial score (nSPS) is 21.5. The first-order valence-electron chi connectivity index (χ1n) is 11.3. The fourth-order valence-corrected chi connectivity index (χ4v) is 7.95. The number of carbonyl (C=O) groups excluding carboxylic acids is 1. The summed E-state index contributed by atoms with van der Waals surface area (Å²) in [7, 11) is 0. The summed E-state index contributed by atoms with van der Waals surface area (Å²) in [5, 5.41) is 10.1. The molecule has 0 spiro atoms. The minimum atomic E-state index is -0.129. The number of amides is 1. The fourth-order valence-electron chi connectivity index (χ4n) is 4.69. The molecule has 0 unspecified atom stereocenters. The predicted molar refractivity (Wildman–Crippen MR) is 134 cm³/mol. The number of phenols is 1. The van der Waals surface area contributed by atoms with Crippen molar-refractivity contribution in [1.29, 1.82) is 0 Å². The van der Waals surface area contributed by atoms with Crippen LogP contribution in [0.4, 0.5) is 0 Å². The molecule has 2 heterocycles. The van der Waals surface area contributed by atoms with E-state index in [-0.39, 0.29) is 34.2 Å². The Hall–Kier alpha value is -2.41. The van der Waals surface area contributed by atoms with E-state index in [4.69, 9.17) is 4.74 Å². The largest absolute Gasteiger partial charge is 0.508 e. The highest BCUT2D eigenvalue weighted by Gasteiger charge is 2.53. The van der Waals surface area contributed by atoms with Crippen molar-refractivity contribution in [3.8, 4) is 5.75 Å². The monoisotopic (exact) mass is 477 g/mol. The summed E-state index contributed by atoms with van der Waals surface area (Å²) in [6.45, 7) is 1.95. The summed E-state index contributed by atoms with van der Waals surface area (Å²) in [6, 6.07) is 28.1. The number of para-hydroxylation sites is 1. The van der Waals surface area contributed by atoms with Crippen molar-refractivity contribution in [2.75, 3.05) is 19.7 Å². The zero-order valence-electron chi connectivity index (χ0n) is 18.3. The van der Waals surface area contributed by atoms with Gasteiger partial charge in [-0.25, -0.2) is 0 Å². The Kier molecular flexibility index (Phi) is 6.67. The molecular weight excluding hydrogens is 450 g/mol. The van der Waals surface area contributed by atoms with Crippen molar-refractivity contribution in [2.24, 2.45) is 5.92 Å². The molecule has 0 aliphatic carbocycles. The second-order valence-corrected chi connectivity index (χ2v) is 11.6. The maximum absolute atomic E-state index is 13.2. The van der Waals surface area contributed by atoms with Gasteiger partial charge in [-0.3, -0.25) is 4.79 Å². The number of likely N-dealkylation sites (tertiary alicyclic amines) is 1. The number of carbonyl (C=O) groups is 1. The molecule has 3 aromatic rings. The summed E-state index contributed by atoms with van der Waals surface area (Å²) in [5.74, 6) is 0.417. The van der Waals surface area contributed by atoms with Crippen molar-refractivity contribution in [2.45, 2.75) is 32.8 Å². The number of thioether (sulfide) groups is 2. The Morgan fingerprint density at radius 1 is 0.909 bits per heavy atom. The topological polar surface area (TPSA) is 49.8 Å². The van der Waals surface area contributed by atoms with Gasteiger partial charge in [-0.2, -0.15) is 0 Å². The van der Waals surface area contributed by atoms with Gasteiger partial charge < -0.3 is 14.7 Å². The van der Waals surface area contributed by atoms with Crippen LogP contribution < -0.4 is 0 Å². The third-order valence-electron chi connectivity index (χ3n) is 6.37. The van der Waals surface area contributed by atoms with Crippen LogP contribution in [0.3, 0.4) is 0 Å². The van der Waals surface area contributed by atoms with E-state index < -0.39 is 0 Å². The number of hydrogen-bond acceptors (Lipinski definition) is 5. The third kappa shape index (κ3) is 4.93. The summed E-state index contributed by atoms with van der Waals surface area (Å²) in [5.41, 5.74) is 0.668. The minimum absolute atomic E-state index is 0.0134. The van der Waals surface area contributed by atoms with Crippen LogP contribution >= 0.6 is 23.5 Å². The minimum Gasteiger partial charge on any atom is -0.508 e. The maximum Gasteiger partial charge on any atom is 0.227 e. The van der Waals surface area contributed by atoms with E-state index in [2.05, 4.69) is 48.5 Å². The van der Waals surface area contributed by atoms with E-state index in [9.17, 15) is 9.90 Å². The Bertz CT molecular complexity index is 1050. The van der Waals surface area contributed by atoms with Gasteiger partial charge in [-0.05, 0) is 36.8 Å². The highest BCUT2D eigenvalue weighted by atomic mass is 32.2. The lowest BCUT2D eigenvalue weighted by atomic mass is 9.96. The SMILES string of the molecule is O=C(Cc1ccccc1O)N1C[C@@H]2OCCC(Sc3ccccc3)(Sc3ccccc3)[C@@H]2C1. The predicted octanol–water partition coefficient (Wildman–Crippen LogP) is 5.46. The maximum atomic E-state index is 13.2. The zero-order valence-corrected chi connectivity index (χ0v) is 19.9. The Morgan fingerprint density at radius 3 is 2.15 bits per heavy atom. The smallest absolute Gasteiger partial charge is 0.227 e. The summed E-state index contributed by atoms with van der Waals surface area (Å²) < 4.78 is 6.09. The van der Waals surface area contributed by atoms with Crippen LogP contribution in [0.2, 0.25) is 0 Å². The first kappa shape index (κ1) is 22.4. The molecule has 170 valence electrons. The van der Waals surface area contributed by atoms with Crippen LogP contribution in [0, 0.1) is 5.92 Å². The van der Waals surface area contributed by atoms with E-state index in [0.717, 1.165) is 6.42 Å². The van der Waals surface area contributed by atoms with Crippen molar-refractivity contribution >= 4 is 29.4 Å². The molecule has 0 aromatic heterocycles. The van der Waals surface area contributed by atoms with Crippen LogP contribution in [0.5, 0.6) is 5.75 Å². The van der Waals surface area contributed by atoms with Gasteiger partial charge in [0.2, 0.25) is 5.91 Å². The molecular formula is C27H27NO3S2. The van der Waals surface area contributed by atoms with Crippen LogP contribution in [0.1, 0.15) is 12.0 Å². The highest BCUT2D eigenvalue weighted by molar-refractivity contribution is 8.18. The van der Waals surface area contributed by atoms with Gasteiger partial charge >= 0.3 is 0 Å². The molecule has 0 radical (unpaired) electrons. The van der Waals surface area contributed by atoms with Gasteiger partial charge in [0, 0.05) is 41.0 Å². The first-order chi connectivity index (χ1) is 16.1. The van der Waals surface area contributed by atoms with Gasteiger partial charge in [0.25, 0.3) is 0 Å². The standard InChI is InChI=1S/C27H27NO3S2/c29-24-14-8-7-9-20(24)17-26(30)28-18-23-25(19-28)31-16-15-27(23,32-21-10-3-1-4-11-21)33-22-12-5-2-6-13-22/h1-14,23,25,29H,15-19H2/t23-,25+/m1/s1. The molecule has 2 aliphatic heterocycles. The molecule has 4 nitrogen and oxygen atoms in total. The van der Waals surface area contributed by atoms with Crippen LogP contribution in [-0.2, 0) is 16.0 Å². The molecule has 2 fully saturated rings. The fraction of sp³-hybridized carbons (Fsp3) is 0.296. The molecule has 5 rings (SSSR count). The average Bonchev–Trinajstić information content (AvgIpc) is 3.28. The van der Waals surface area contributed by atoms with Crippen LogP contribution in [-0.4, -0.2) is 45.8 Å². The van der Waals surface area contributed by atoms with Crippen molar-refractivity contribution in [3.05, 3.63) is 90.5 Å². The molecule has 2 aliphatic rings. The van der Waals surface area contributed by atoms with Crippen molar-refractivity contribution in [1.82, 2.24) is 4.90 Å². The lowest BCUT2D eigenvalue weighted by molar-refractivity contribution is -0.130. The number of nitrogens with zero attached hydrogens (tertiary/aromatic N) is 1. The molecule has 1 amide bonds. The van der Waals surface area contributed by atoms with E-state index >= 15 is 0 Å². The Balaban J connectivity index is 1.41. The Labute approximate surface area is 203 Å². The number of phenolic OH excluding ortho intramolecular Hbond substituents is 1.